The molecule has 0 aliphatic rings. The molecule has 28 heavy (non-hydrogen) atoms. The highest BCUT2D eigenvalue weighted by molar-refractivity contribution is 6.06. The van der Waals surface area contributed by atoms with Gasteiger partial charge in [0.05, 0.1) is 19.9 Å². The third-order valence-electron chi connectivity index (χ3n) is 4.05. The lowest BCUT2D eigenvalue weighted by molar-refractivity contribution is 0.0549. The van der Waals surface area contributed by atoms with Crippen molar-refractivity contribution < 1.29 is 23.5 Å². The summed E-state index contributed by atoms with van der Waals surface area (Å²) in [4.78, 5) is 25.0. The topological polar surface area (TPSA) is 70.4 Å². The molecule has 2 aromatic carbocycles. The second kappa shape index (κ2) is 7.76. The Hall–Kier alpha value is -3.92. The Kier molecular flexibility index (Phi) is 5.23. The van der Waals surface area contributed by atoms with E-state index in [1.807, 2.05) is 0 Å². The van der Waals surface area contributed by atoms with Crippen molar-refractivity contribution in [3.8, 4) is 29.3 Å². The van der Waals surface area contributed by atoms with Crippen molar-refractivity contribution >= 4 is 11.9 Å². The SMILES string of the molecule is C#Cc1ccc(-c2nn(-c3ccccc3)c(C(=O)OC)c2C(=O)OC)c(F)c1. The van der Waals surface area contributed by atoms with Gasteiger partial charge in [-0.2, -0.15) is 5.10 Å². The number of carbonyl (C=O) groups is 2. The molecule has 0 radical (unpaired) electrons. The zero-order valence-electron chi connectivity index (χ0n) is 15.1. The largest absolute Gasteiger partial charge is 0.465 e. The van der Waals surface area contributed by atoms with Gasteiger partial charge in [0.1, 0.15) is 17.1 Å². The summed E-state index contributed by atoms with van der Waals surface area (Å²) in [5.41, 5.74) is 0.384. The Morgan fingerprint density at radius 1 is 1.07 bits per heavy atom. The number of aromatic nitrogens is 2. The summed E-state index contributed by atoms with van der Waals surface area (Å²) < 4.78 is 25.5. The Morgan fingerprint density at radius 2 is 1.75 bits per heavy atom. The fraction of sp³-hybridized carbons (Fsp3) is 0.0952. The molecule has 1 heterocycles. The number of benzene rings is 2. The molecule has 0 aliphatic heterocycles. The van der Waals surface area contributed by atoms with E-state index in [2.05, 4.69) is 11.0 Å². The number of halogens is 1. The van der Waals surface area contributed by atoms with Gasteiger partial charge in [0.25, 0.3) is 0 Å². The molecule has 0 spiro atoms. The van der Waals surface area contributed by atoms with Crippen LogP contribution in [0.4, 0.5) is 4.39 Å². The summed E-state index contributed by atoms with van der Waals surface area (Å²) in [6.45, 7) is 0. The number of nitrogens with zero attached hydrogens (tertiary/aromatic N) is 2. The standard InChI is InChI=1S/C21H15FN2O4/c1-4-13-10-11-15(16(22)12-13)18-17(20(25)27-2)19(21(26)28-3)24(23-18)14-8-6-5-7-9-14/h1,5-12H,2-3H3. The molecule has 7 heteroatoms. The predicted molar refractivity (Wildman–Crippen MR) is 99.6 cm³/mol. The highest BCUT2D eigenvalue weighted by atomic mass is 19.1. The molecule has 0 atom stereocenters. The fourth-order valence-electron chi connectivity index (χ4n) is 2.74. The molecule has 0 saturated heterocycles. The van der Waals surface area contributed by atoms with E-state index in [0.29, 0.717) is 11.3 Å². The number of methoxy groups -OCH3 is 2. The van der Waals surface area contributed by atoms with Gasteiger partial charge in [-0.25, -0.2) is 18.7 Å². The van der Waals surface area contributed by atoms with E-state index < -0.39 is 17.8 Å². The number of esters is 2. The zero-order valence-corrected chi connectivity index (χ0v) is 15.1. The molecule has 0 aliphatic carbocycles. The summed E-state index contributed by atoms with van der Waals surface area (Å²) >= 11 is 0. The minimum atomic E-state index is -0.849. The van der Waals surface area contributed by atoms with Crippen molar-refractivity contribution in [1.29, 1.82) is 0 Å². The van der Waals surface area contributed by atoms with Crippen molar-refractivity contribution in [1.82, 2.24) is 9.78 Å². The van der Waals surface area contributed by atoms with Crippen LogP contribution in [0.25, 0.3) is 16.9 Å². The maximum Gasteiger partial charge on any atom is 0.357 e. The summed E-state index contributed by atoms with van der Waals surface area (Å²) in [5.74, 6) is -0.0171. The molecule has 6 nitrogen and oxygen atoms in total. The van der Waals surface area contributed by atoms with Crippen molar-refractivity contribution in [2.75, 3.05) is 14.2 Å². The average Bonchev–Trinajstić information content (AvgIpc) is 3.13. The summed E-state index contributed by atoms with van der Waals surface area (Å²) in [7, 11) is 2.33. The number of hydrogen-bond donors (Lipinski definition) is 0. The second-order valence-electron chi connectivity index (χ2n) is 5.64. The van der Waals surface area contributed by atoms with E-state index in [0.717, 1.165) is 13.2 Å². The van der Waals surface area contributed by atoms with Crippen LogP contribution in [0.5, 0.6) is 0 Å². The van der Waals surface area contributed by atoms with E-state index in [1.54, 1.807) is 30.3 Å². The van der Waals surface area contributed by atoms with Crippen LogP contribution in [0, 0.1) is 18.2 Å². The van der Waals surface area contributed by atoms with Gasteiger partial charge < -0.3 is 9.47 Å². The molecule has 140 valence electrons. The maximum absolute atomic E-state index is 14.7. The molecule has 3 aromatic rings. The monoisotopic (exact) mass is 378 g/mol. The summed E-state index contributed by atoms with van der Waals surface area (Å²) in [5, 5.41) is 4.33. The molecular weight excluding hydrogens is 363 g/mol. The van der Waals surface area contributed by atoms with Gasteiger partial charge in [-0.1, -0.05) is 24.1 Å². The van der Waals surface area contributed by atoms with Crippen LogP contribution in [0.3, 0.4) is 0 Å². The van der Waals surface area contributed by atoms with Gasteiger partial charge in [-0.15, -0.1) is 6.42 Å². The smallest absolute Gasteiger partial charge is 0.357 e. The fourth-order valence-corrected chi connectivity index (χ4v) is 2.74. The van der Waals surface area contributed by atoms with Crippen LogP contribution in [0.15, 0.2) is 48.5 Å². The molecule has 0 unspecified atom stereocenters. The van der Waals surface area contributed by atoms with Crippen molar-refractivity contribution in [2.45, 2.75) is 0 Å². The average molecular weight is 378 g/mol. The Morgan fingerprint density at radius 3 is 2.32 bits per heavy atom. The van der Waals surface area contributed by atoms with Crippen LogP contribution >= 0.6 is 0 Å². The highest BCUT2D eigenvalue weighted by Gasteiger charge is 2.32. The minimum Gasteiger partial charge on any atom is -0.465 e. The van der Waals surface area contributed by atoms with Gasteiger partial charge in [0.2, 0.25) is 0 Å². The van der Waals surface area contributed by atoms with E-state index in [1.165, 1.54) is 23.9 Å². The molecule has 1 aromatic heterocycles. The van der Waals surface area contributed by atoms with Gasteiger partial charge in [-0.05, 0) is 30.3 Å². The first-order chi connectivity index (χ1) is 13.5. The molecule has 0 saturated carbocycles. The minimum absolute atomic E-state index is 0.000709. The summed E-state index contributed by atoms with van der Waals surface area (Å²) in [6.07, 6.45) is 5.30. The van der Waals surface area contributed by atoms with Crippen LogP contribution in [0.1, 0.15) is 26.4 Å². The van der Waals surface area contributed by atoms with Crippen LogP contribution in [-0.2, 0) is 9.47 Å². The Bertz CT molecular complexity index is 1100. The lowest BCUT2D eigenvalue weighted by atomic mass is 10.0. The Balaban J connectivity index is 2.37. The predicted octanol–water partition coefficient (Wildman–Crippen LogP) is 3.23. The van der Waals surface area contributed by atoms with Gasteiger partial charge in [-0.3, -0.25) is 0 Å². The lowest BCUT2D eigenvalue weighted by Gasteiger charge is -2.07. The van der Waals surface area contributed by atoms with Crippen molar-refractivity contribution in [3.05, 3.63) is 71.2 Å². The Labute approximate surface area is 160 Å². The van der Waals surface area contributed by atoms with E-state index >= 15 is 0 Å². The third kappa shape index (κ3) is 3.23. The molecule has 0 amide bonds. The number of terminal acetylenes is 1. The second-order valence-corrected chi connectivity index (χ2v) is 5.64. The van der Waals surface area contributed by atoms with Crippen molar-refractivity contribution in [3.63, 3.8) is 0 Å². The number of hydrogen-bond acceptors (Lipinski definition) is 5. The van der Waals surface area contributed by atoms with E-state index in [4.69, 9.17) is 15.9 Å². The van der Waals surface area contributed by atoms with Crippen LogP contribution in [-0.4, -0.2) is 35.9 Å². The van der Waals surface area contributed by atoms with Crippen LogP contribution in [0.2, 0.25) is 0 Å². The number of rotatable bonds is 4. The number of ether oxygens (including phenoxy) is 2. The third-order valence-corrected chi connectivity index (χ3v) is 4.05. The van der Waals surface area contributed by atoms with Gasteiger partial charge >= 0.3 is 11.9 Å². The summed E-state index contributed by atoms with van der Waals surface area (Å²) in [6, 6.07) is 12.7. The molecular formula is C21H15FN2O4. The first-order valence-corrected chi connectivity index (χ1v) is 8.13. The quantitative estimate of drug-likeness (QED) is 0.515. The van der Waals surface area contributed by atoms with E-state index in [9.17, 15) is 14.0 Å². The van der Waals surface area contributed by atoms with Crippen molar-refractivity contribution in [2.24, 2.45) is 0 Å². The first-order valence-electron chi connectivity index (χ1n) is 8.13. The normalized spacial score (nSPS) is 10.2. The number of para-hydroxylation sites is 1. The number of carbonyl (C=O) groups excluding carboxylic acids is 2. The molecule has 0 N–H and O–H groups in total. The van der Waals surface area contributed by atoms with E-state index in [-0.39, 0.29) is 22.5 Å². The maximum atomic E-state index is 14.7. The van der Waals surface area contributed by atoms with Crippen LogP contribution < -0.4 is 0 Å². The lowest BCUT2D eigenvalue weighted by Crippen LogP contribution is -2.15. The van der Waals surface area contributed by atoms with Gasteiger partial charge in [0.15, 0.2) is 5.69 Å². The van der Waals surface area contributed by atoms with Gasteiger partial charge in [0, 0.05) is 11.1 Å². The molecule has 3 rings (SSSR count). The molecule has 0 fully saturated rings. The zero-order chi connectivity index (χ0) is 20.3. The highest BCUT2D eigenvalue weighted by Crippen LogP contribution is 2.31. The molecule has 0 bridgehead atoms. The first kappa shape index (κ1) is 18.9.